The maximum Gasteiger partial charge on any atom is 0.157 e. The molecule has 0 amide bonds. The van der Waals surface area contributed by atoms with Gasteiger partial charge in [-0.05, 0) is 46.7 Å². The largest absolute Gasteiger partial charge is 0.487 e. The van der Waals surface area contributed by atoms with E-state index in [-0.39, 0.29) is 5.54 Å². The summed E-state index contributed by atoms with van der Waals surface area (Å²) in [6.07, 6.45) is 6.32. The first kappa shape index (κ1) is 11.5. The molecule has 4 heteroatoms. The van der Waals surface area contributed by atoms with Gasteiger partial charge in [-0.1, -0.05) is 0 Å². The zero-order valence-electron chi connectivity index (χ0n) is 10.4. The molecule has 2 rings (SSSR count). The standard InChI is InChI=1S/C12H21N3O/c1-12(2,3)15-9-11(8-14-15)16-10-4-6-13-7-5-10/h8-10,13H,4-7H2,1-3H3. The first-order valence-electron chi connectivity index (χ1n) is 5.98. The normalized spacial score (nSPS) is 18.7. The van der Waals surface area contributed by atoms with Crippen molar-refractivity contribution in [3.8, 4) is 5.75 Å². The summed E-state index contributed by atoms with van der Waals surface area (Å²) in [5, 5.41) is 7.66. The van der Waals surface area contributed by atoms with E-state index in [4.69, 9.17) is 4.74 Å². The number of aromatic nitrogens is 2. The van der Waals surface area contributed by atoms with E-state index in [0.29, 0.717) is 6.10 Å². The Morgan fingerprint density at radius 2 is 2.06 bits per heavy atom. The molecule has 0 saturated carbocycles. The first-order valence-corrected chi connectivity index (χ1v) is 5.98. The van der Waals surface area contributed by atoms with Gasteiger partial charge in [-0.15, -0.1) is 0 Å². The number of hydrogen-bond acceptors (Lipinski definition) is 3. The molecule has 0 unspecified atom stereocenters. The Balaban J connectivity index is 1.97. The van der Waals surface area contributed by atoms with Gasteiger partial charge in [-0.2, -0.15) is 5.10 Å². The monoisotopic (exact) mass is 223 g/mol. The quantitative estimate of drug-likeness (QED) is 0.830. The lowest BCUT2D eigenvalue weighted by Gasteiger charge is -2.23. The Labute approximate surface area is 97.0 Å². The molecule has 0 bridgehead atoms. The van der Waals surface area contributed by atoms with Crippen LogP contribution in [0, 0.1) is 0 Å². The summed E-state index contributed by atoms with van der Waals surface area (Å²) in [6.45, 7) is 8.51. The van der Waals surface area contributed by atoms with Crippen molar-refractivity contribution in [2.75, 3.05) is 13.1 Å². The van der Waals surface area contributed by atoms with Crippen molar-refractivity contribution in [1.29, 1.82) is 0 Å². The lowest BCUT2D eigenvalue weighted by molar-refractivity contribution is 0.162. The SMILES string of the molecule is CC(C)(C)n1cc(OC2CCNCC2)cn1. The predicted octanol–water partition coefficient (Wildman–Crippen LogP) is 1.77. The zero-order valence-corrected chi connectivity index (χ0v) is 10.4. The van der Waals surface area contributed by atoms with Gasteiger partial charge in [-0.25, -0.2) is 0 Å². The molecule has 1 fully saturated rings. The van der Waals surface area contributed by atoms with Crippen LogP contribution in [0.25, 0.3) is 0 Å². The Morgan fingerprint density at radius 1 is 1.38 bits per heavy atom. The summed E-state index contributed by atoms with van der Waals surface area (Å²) < 4.78 is 7.86. The minimum absolute atomic E-state index is 0.0235. The second kappa shape index (κ2) is 4.45. The lowest BCUT2D eigenvalue weighted by atomic mass is 10.1. The fraction of sp³-hybridized carbons (Fsp3) is 0.750. The van der Waals surface area contributed by atoms with Crippen molar-refractivity contribution in [1.82, 2.24) is 15.1 Å². The highest BCUT2D eigenvalue weighted by atomic mass is 16.5. The molecular weight excluding hydrogens is 202 g/mol. The van der Waals surface area contributed by atoms with Gasteiger partial charge >= 0.3 is 0 Å². The van der Waals surface area contributed by atoms with E-state index >= 15 is 0 Å². The highest BCUT2D eigenvalue weighted by Gasteiger charge is 2.18. The number of ether oxygens (including phenoxy) is 1. The van der Waals surface area contributed by atoms with Gasteiger partial charge in [0.2, 0.25) is 0 Å². The zero-order chi connectivity index (χ0) is 11.6. The van der Waals surface area contributed by atoms with Crippen molar-refractivity contribution in [2.24, 2.45) is 0 Å². The third-order valence-corrected chi connectivity index (χ3v) is 2.84. The molecule has 1 saturated heterocycles. The number of nitrogens with zero attached hydrogens (tertiary/aromatic N) is 2. The van der Waals surface area contributed by atoms with E-state index in [1.807, 2.05) is 17.1 Å². The molecule has 0 spiro atoms. The first-order chi connectivity index (χ1) is 7.55. The van der Waals surface area contributed by atoms with Gasteiger partial charge < -0.3 is 10.1 Å². The maximum atomic E-state index is 5.91. The molecule has 90 valence electrons. The molecule has 1 aromatic heterocycles. The number of rotatable bonds is 2. The van der Waals surface area contributed by atoms with E-state index in [1.54, 1.807) is 0 Å². The molecular formula is C12H21N3O. The minimum Gasteiger partial charge on any atom is -0.487 e. The molecule has 0 aromatic carbocycles. The highest BCUT2D eigenvalue weighted by Crippen LogP contribution is 2.20. The minimum atomic E-state index is 0.0235. The van der Waals surface area contributed by atoms with Gasteiger partial charge in [-0.3, -0.25) is 4.68 Å². The van der Waals surface area contributed by atoms with Crippen molar-refractivity contribution >= 4 is 0 Å². The van der Waals surface area contributed by atoms with Crippen LogP contribution in [0.1, 0.15) is 33.6 Å². The van der Waals surface area contributed by atoms with Crippen molar-refractivity contribution < 1.29 is 4.74 Å². The van der Waals surface area contributed by atoms with Crippen LogP contribution in [0.4, 0.5) is 0 Å². The summed E-state index contributed by atoms with van der Waals surface area (Å²) in [5.41, 5.74) is 0.0235. The number of piperidine rings is 1. The summed E-state index contributed by atoms with van der Waals surface area (Å²) in [5.74, 6) is 0.891. The molecule has 16 heavy (non-hydrogen) atoms. The number of nitrogens with one attached hydrogen (secondary N) is 1. The van der Waals surface area contributed by atoms with Crippen LogP contribution >= 0.6 is 0 Å². The van der Waals surface area contributed by atoms with Crippen LogP contribution < -0.4 is 10.1 Å². The number of hydrogen-bond donors (Lipinski definition) is 1. The van der Waals surface area contributed by atoms with Gasteiger partial charge in [0.15, 0.2) is 5.75 Å². The average molecular weight is 223 g/mol. The van der Waals surface area contributed by atoms with Crippen LogP contribution in [0.5, 0.6) is 5.75 Å². The summed E-state index contributed by atoms with van der Waals surface area (Å²) in [6, 6.07) is 0. The summed E-state index contributed by atoms with van der Waals surface area (Å²) in [7, 11) is 0. The Bertz CT molecular complexity index is 334. The molecule has 1 aromatic rings. The molecule has 1 aliphatic heterocycles. The van der Waals surface area contributed by atoms with Crippen LogP contribution in [-0.4, -0.2) is 29.0 Å². The lowest BCUT2D eigenvalue weighted by Crippen LogP contribution is -2.34. The molecule has 0 radical (unpaired) electrons. The third-order valence-electron chi connectivity index (χ3n) is 2.84. The Kier molecular flexibility index (Phi) is 3.19. The van der Waals surface area contributed by atoms with Gasteiger partial charge in [0.05, 0.1) is 17.9 Å². The Morgan fingerprint density at radius 3 is 2.62 bits per heavy atom. The third kappa shape index (κ3) is 2.76. The summed E-state index contributed by atoms with van der Waals surface area (Å²) in [4.78, 5) is 0. The second-order valence-electron chi connectivity index (χ2n) is 5.36. The summed E-state index contributed by atoms with van der Waals surface area (Å²) >= 11 is 0. The fourth-order valence-electron chi connectivity index (χ4n) is 1.84. The Hall–Kier alpha value is -1.03. The topological polar surface area (TPSA) is 39.1 Å². The second-order valence-corrected chi connectivity index (χ2v) is 5.36. The van der Waals surface area contributed by atoms with Crippen LogP contribution in [0.3, 0.4) is 0 Å². The van der Waals surface area contributed by atoms with Gasteiger partial charge in [0.25, 0.3) is 0 Å². The molecule has 0 atom stereocenters. The fourth-order valence-corrected chi connectivity index (χ4v) is 1.84. The van der Waals surface area contributed by atoms with Crippen LogP contribution in [0.15, 0.2) is 12.4 Å². The van der Waals surface area contributed by atoms with Crippen molar-refractivity contribution in [3.63, 3.8) is 0 Å². The molecule has 0 aliphatic carbocycles. The molecule has 4 nitrogen and oxygen atoms in total. The molecule has 2 heterocycles. The molecule has 1 aliphatic rings. The van der Waals surface area contributed by atoms with E-state index in [1.165, 1.54) is 0 Å². The van der Waals surface area contributed by atoms with Gasteiger partial charge in [0.1, 0.15) is 6.10 Å². The van der Waals surface area contributed by atoms with E-state index < -0.39 is 0 Å². The van der Waals surface area contributed by atoms with E-state index in [2.05, 4.69) is 31.2 Å². The van der Waals surface area contributed by atoms with Crippen molar-refractivity contribution in [2.45, 2.75) is 45.3 Å². The highest BCUT2D eigenvalue weighted by molar-refractivity contribution is 5.13. The maximum absolute atomic E-state index is 5.91. The molecule has 1 N–H and O–H groups in total. The van der Waals surface area contributed by atoms with E-state index in [9.17, 15) is 0 Å². The van der Waals surface area contributed by atoms with Crippen LogP contribution in [0.2, 0.25) is 0 Å². The van der Waals surface area contributed by atoms with Crippen molar-refractivity contribution in [3.05, 3.63) is 12.4 Å². The van der Waals surface area contributed by atoms with E-state index in [0.717, 1.165) is 31.7 Å². The van der Waals surface area contributed by atoms with Gasteiger partial charge in [0, 0.05) is 0 Å². The smallest absolute Gasteiger partial charge is 0.157 e. The predicted molar refractivity (Wildman–Crippen MR) is 63.7 cm³/mol. The van der Waals surface area contributed by atoms with Crippen LogP contribution in [-0.2, 0) is 5.54 Å². The average Bonchev–Trinajstić information content (AvgIpc) is 2.67.